The summed E-state index contributed by atoms with van der Waals surface area (Å²) in [6, 6.07) is 1.82. The van der Waals surface area contributed by atoms with Crippen molar-refractivity contribution in [1.29, 1.82) is 0 Å². The molecule has 1 aromatic rings. The molecule has 0 aromatic carbocycles. The average molecular weight is 185 g/mol. The van der Waals surface area contributed by atoms with Gasteiger partial charge >= 0.3 is 0 Å². The van der Waals surface area contributed by atoms with Gasteiger partial charge in [-0.2, -0.15) is 0 Å². The first-order chi connectivity index (χ1) is 5.72. The van der Waals surface area contributed by atoms with Gasteiger partial charge < -0.3 is 20.8 Å². The van der Waals surface area contributed by atoms with Gasteiger partial charge in [0.05, 0.1) is 4.90 Å². The summed E-state index contributed by atoms with van der Waals surface area (Å²) in [5, 5.41) is 0. The van der Waals surface area contributed by atoms with Crippen LogP contribution in [0.25, 0.3) is 0 Å². The number of nitrogens with zero attached hydrogens (tertiary/aromatic N) is 1. The van der Waals surface area contributed by atoms with Crippen LogP contribution in [-0.2, 0) is 0 Å². The van der Waals surface area contributed by atoms with Crippen LogP contribution in [0.2, 0.25) is 0 Å². The lowest BCUT2D eigenvalue weighted by Crippen LogP contribution is -2.35. The van der Waals surface area contributed by atoms with Crippen molar-refractivity contribution in [3.05, 3.63) is 6.07 Å². The Balaban J connectivity index is 2.38. The summed E-state index contributed by atoms with van der Waals surface area (Å²) >= 11 is 1.57. The Hall–Kier alpha value is -0.810. The quantitative estimate of drug-likeness (QED) is 0.684. The minimum Gasteiger partial charge on any atom is -0.424 e. The third kappa shape index (κ3) is 0.971. The van der Waals surface area contributed by atoms with Gasteiger partial charge in [0.2, 0.25) is 5.88 Å². The molecule has 0 spiro atoms. The highest BCUT2D eigenvalue weighted by Crippen LogP contribution is 2.43. The summed E-state index contributed by atoms with van der Waals surface area (Å²) in [6.07, 6.45) is 0. The largest absolute Gasteiger partial charge is 0.424 e. The molecule has 1 atom stereocenters. The summed E-state index contributed by atoms with van der Waals surface area (Å²) in [5.74, 6) is 1.27. The Morgan fingerprint density at radius 1 is 1.75 bits per heavy atom. The van der Waals surface area contributed by atoms with E-state index in [4.69, 9.17) is 15.9 Å². The van der Waals surface area contributed by atoms with Crippen molar-refractivity contribution in [2.75, 3.05) is 17.2 Å². The van der Waals surface area contributed by atoms with E-state index < -0.39 is 0 Å². The summed E-state index contributed by atoms with van der Waals surface area (Å²) in [5.41, 5.74) is 11.3. The summed E-state index contributed by atoms with van der Waals surface area (Å²) in [6.45, 7) is 2.88. The van der Waals surface area contributed by atoms with Crippen molar-refractivity contribution in [2.45, 2.75) is 17.3 Å². The lowest BCUT2D eigenvalue weighted by molar-refractivity contribution is 0.558. The highest BCUT2D eigenvalue weighted by atomic mass is 32.2. The molecular weight excluding hydrogens is 174 g/mol. The summed E-state index contributed by atoms with van der Waals surface area (Å²) < 4.78 is 5.30. The molecule has 0 aliphatic carbocycles. The Kier molecular flexibility index (Phi) is 1.69. The Morgan fingerprint density at radius 2 is 2.50 bits per heavy atom. The van der Waals surface area contributed by atoms with Crippen molar-refractivity contribution in [2.24, 2.45) is 5.73 Å². The molecule has 1 aliphatic rings. The van der Waals surface area contributed by atoms with Gasteiger partial charge in [0.15, 0.2) is 5.88 Å². The molecule has 0 saturated heterocycles. The number of hydrogen-bond donors (Lipinski definition) is 2. The van der Waals surface area contributed by atoms with Gasteiger partial charge in [-0.05, 0) is 6.92 Å². The van der Waals surface area contributed by atoms with Crippen LogP contribution in [-0.4, -0.2) is 12.0 Å². The number of anilines is 2. The number of hydrogen-bond acceptors (Lipinski definition) is 5. The molecule has 2 heterocycles. The van der Waals surface area contributed by atoms with Gasteiger partial charge in [-0.1, -0.05) is 11.8 Å². The first kappa shape index (κ1) is 7.82. The Bertz CT molecular complexity index is 299. The van der Waals surface area contributed by atoms with Gasteiger partial charge in [-0.15, -0.1) is 0 Å². The predicted molar refractivity (Wildman–Crippen MR) is 50.0 cm³/mol. The van der Waals surface area contributed by atoms with E-state index in [0.29, 0.717) is 5.88 Å². The van der Waals surface area contributed by atoms with E-state index in [1.807, 2.05) is 17.9 Å². The first-order valence-corrected chi connectivity index (χ1v) is 4.68. The van der Waals surface area contributed by atoms with E-state index in [1.54, 1.807) is 11.8 Å². The van der Waals surface area contributed by atoms with E-state index >= 15 is 0 Å². The topological polar surface area (TPSA) is 68.4 Å². The molecule has 0 saturated carbocycles. The molecule has 2 rings (SSSR count). The van der Waals surface area contributed by atoms with Crippen LogP contribution >= 0.6 is 11.8 Å². The fourth-order valence-corrected chi connectivity index (χ4v) is 2.38. The Morgan fingerprint density at radius 3 is 3.17 bits per heavy atom. The molecule has 1 aliphatic heterocycles. The number of furan rings is 1. The lowest BCUT2D eigenvalue weighted by Gasteiger charge is -2.18. The number of fused-ring (bicyclic) bond motifs is 1. The molecule has 0 bridgehead atoms. The highest BCUT2D eigenvalue weighted by molar-refractivity contribution is 8.00. The second kappa shape index (κ2) is 2.60. The molecule has 66 valence electrons. The van der Waals surface area contributed by atoms with Gasteiger partial charge in [0, 0.05) is 12.6 Å². The second-order valence-electron chi connectivity index (χ2n) is 2.61. The van der Waals surface area contributed by atoms with Crippen molar-refractivity contribution in [3.8, 4) is 0 Å². The van der Waals surface area contributed by atoms with Crippen LogP contribution in [0, 0.1) is 0 Å². The van der Waals surface area contributed by atoms with E-state index in [-0.39, 0.29) is 5.50 Å². The lowest BCUT2D eigenvalue weighted by atomic mass is 10.5. The normalized spacial score (nSPS) is 21.5. The summed E-state index contributed by atoms with van der Waals surface area (Å²) in [7, 11) is 0. The number of nitrogen functional groups attached to an aromatic ring is 1. The molecule has 0 radical (unpaired) electrons. The van der Waals surface area contributed by atoms with Crippen LogP contribution in [0.1, 0.15) is 6.92 Å². The Labute approximate surface area is 74.9 Å². The van der Waals surface area contributed by atoms with Crippen molar-refractivity contribution in [1.82, 2.24) is 0 Å². The zero-order valence-electron chi connectivity index (χ0n) is 6.78. The van der Waals surface area contributed by atoms with Crippen molar-refractivity contribution >= 4 is 23.5 Å². The van der Waals surface area contributed by atoms with Crippen molar-refractivity contribution in [3.63, 3.8) is 0 Å². The molecule has 5 heteroatoms. The smallest absolute Gasteiger partial charge is 0.213 e. The van der Waals surface area contributed by atoms with E-state index in [9.17, 15) is 0 Å². The fourth-order valence-electron chi connectivity index (χ4n) is 1.30. The predicted octanol–water partition coefficient (Wildman–Crippen LogP) is 1.04. The number of rotatable bonds is 1. The monoisotopic (exact) mass is 185 g/mol. The average Bonchev–Trinajstić information content (AvgIpc) is 2.43. The molecule has 0 amide bonds. The zero-order valence-corrected chi connectivity index (χ0v) is 7.60. The van der Waals surface area contributed by atoms with Crippen LogP contribution in [0.3, 0.4) is 0 Å². The minimum absolute atomic E-state index is 0.0238. The van der Waals surface area contributed by atoms with Crippen LogP contribution in [0.4, 0.5) is 11.8 Å². The maximum atomic E-state index is 5.82. The molecule has 4 nitrogen and oxygen atoms in total. The molecule has 1 aromatic heterocycles. The van der Waals surface area contributed by atoms with Gasteiger partial charge in [-0.3, -0.25) is 0 Å². The van der Waals surface area contributed by atoms with Gasteiger partial charge in [0.25, 0.3) is 0 Å². The molecular formula is C7H11N3OS. The minimum atomic E-state index is -0.0238. The molecule has 12 heavy (non-hydrogen) atoms. The zero-order chi connectivity index (χ0) is 8.72. The van der Waals surface area contributed by atoms with E-state index in [0.717, 1.165) is 17.3 Å². The van der Waals surface area contributed by atoms with Gasteiger partial charge in [-0.25, -0.2) is 0 Å². The highest BCUT2D eigenvalue weighted by Gasteiger charge is 2.30. The standard InChI is InChI=1S/C7H11N3OS/c1-2-10-6-4(12-7(10)9)3-5(8)11-6/h3,7H,2,8-9H2,1H3. The summed E-state index contributed by atoms with van der Waals surface area (Å²) in [4.78, 5) is 3.03. The van der Waals surface area contributed by atoms with E-state index in [2.05, 4.69) is 0 Å². The third-order valence-corrected chi connectivity index (χ3v) is 2.90. The SMILES string of the molecule is CCN1c2oc(N)cc2SC1N. The molecule has 0 fully saturated rings. The first-order valence-electron chi connectivity index (χ1n) is 3.80. The van der Waals surface area contributed by atoms with Crippen molar-refractivity contribution < 1.29 is 4.42 Å². The van der Waals surface area contributed by atoms with Crippen LogP contribution < -0.4 is 16.4 Å². The maximum Gasteiger partial charge on any atom is 0.213 e. The second-order valence-corrected chi connectivity index (χ2v) is 3.77. The molecule has 4 N–H and O–H groups in total. The maximum absolute atomic E-state index is 5.82. The number of nitrogens with two attached hydrogens (primary N) is 2. The third-order valence-electron chi connectivity index (χ3n) is 1.86. The molecule has 1 unspecified atom stereocenters. The van der Waals surface area contributed by atoms with E-state index in [1.165, 1.54) is 0 Å². The van der Waals surface area contributed by atoms with Gasteiger partial charge in [0.1, 0.15) is 5.50 Å². The fraction of sp³-hybridized carbons (Fsp3) is 0.429. The van der Waals surface area contributed by atoms with Crippen LogP contribution in [0.15, 0.2) is 15.4 Å². The van der Waals surface area contributed by atoms with Crippen LogP contribution in [0.5, 0.6) is 0 Å². The number of thioether (sulfide) groups is 1.